The van der Waals surface area contributed by atoms with Crippen LogP contribution in [-0.2, 0) is 4.74 Å². The maximum atomic E-state index is 12.4. The summed E-state index contributed by atoms with van der Waals surface area (Å²) in [6.07, 6.45) is -0.726. The summed E-state index contributed by atoms with van der Waals surface area (Å²) in [5.41, 5.74) is 3.12. The van der Waals surface area contributed by atoms with Crippen LogP contribution in [0.2, 0.25) is 0 Å². The summed E-state index contributed by atoms with van der Waals surface area (Å²) >= 11 is 0. The van der Waals surface area contributed by atoms with Crippen LogP contribution in [0.1, 0.15) is 38.8 Å². The molecule has 0 saturated carbocycles. The number of carbonyl (C=O) groups excluding carboxylic acids is 1. The van der Waals surface area contributed by atoms with Crippen LogP contribution in [0.25, 0.3) is 0 Å². The van der Waals surface area contributed by atoms with Crippen molar-refractivity contribution in [2.24, 2.45) is 5.10 Å². The molecule has 1 rings (SSSR count). The Balaban J connectivity index is 2.91. The number of nitrogens with one attached hydrogen (secondary N) is 1. The third-order valence-electron chi connectivity index (χ3n) is 2.45. The van der Waals surface area contributed by atoms with Gasteiger partial charge in [-0.3, -0.25) is 0 Å². The highest BCUT2D eigenvalue weighted by Gasteiger charge is 2.16. The zero-order chi connectivity index (χ0) is 16.9. The number of ether oxygens (including phenoxy) is 2. The van der Waals surface area contributed by atoms with Crippen molar-refractivity contribution in [1.29, 1.82) is 0 Å². The highest BCUT2D eigenvalue weighted by molar-refractivity contribution is 6.01. The molecular formula is C15H20F2N2O3. The molecule has 7 heteroatoms. The van der Waals surface area contributed by atoms with Gasteiger partial charge < -0.3 is 9.47 Å². The second kappa shape index (κ2) is 7.20. The Labute approximate surface area is 128 Å². The van der Waals surface area contributed by atoms with E-state index in [-0.39, 0.29) is 5.75 Å². The van der Waals surface area contributed by atoms with Crippen LogP contribution in [0.15, 0.2) is 23.3 Å². The van der Waals surface area contributed by atoms with Crippen LogP contribution in [0.3, 0.4) is 0 Å². The minimum atomic E-state index is -2.94. The number of hydrazone groups is 1. The van der Waals surface area contributed by atoms with Gasteiger partial charge in [0.15, 0.2) is 0 Å². The lowest BCUT2D eigenvalue weighted by molar-refractivity contribution is -0.0499. The first-order valence-corrected chi connectivity index (χ1v) is 6.67. The van der Waals surface area contributed by atoms with Gasteiger partial charge in [-0.1, -0.05) is 11.6 Å². The van der Waals surface area contributed by atoms with E-state index in [1.54, 1.807) is 39.8 Å². The molecule has 0 aromatic heterocycles. The molecule has 0 bridgehead atoms. The second-order valence-electron chi connectivity index (χ2n) is 5.69. The van der Waals surface area contributed by atoms with Crippen molar-refractivity contribution < 1.29 is 23.0 Å². The molecule has 22 heavy (non-hydrogen) atoms. The normalized spacial score (nSPS) is 12.3. The summed E-state index contributed by atoms with van der Waals surface area (Å²) in [5.74, 6) is -0.00663. The van der Waals surface area contributed by atoms with Gasteiger partial charge in [0.2, 0.25) is 0 Å². The Morgan fingerprint density at radius 1 is 1.32 bits per heavy atom. The van der Waals surface area contributed by atoms with Gasteiger partial charge in [0.25, 0.3) is 0 Å². The molecule has 0 aliphatic rings. The first kappa shape index (κ1) is 17.9. The summed E-state index contributed by atoms with van der Waals surface area (Å²) in [5, 5.41) is 3.85. The number of carbonyl (C=O) groups is 1. The molecule has 0 aliphatic carbocycles. The highest BCUT2D eigenvalue weighted by atomic mass is 19.3. The Hall–Kier alpha value is -2.18. The zero-order valence-electron chi connectivity index (χ0n) is 13.2. The average Bonchev–Trinajstić information content (AvgIpc) is 2.35. The Morgan fingerprint density at radius 2 is 1.95 bits per heavy atom. The number of nitrogens with zero attached hydrogens (tertiary/aromatic N) is 1. The van der Waals surface area contributed by atoms with E-state index < -0.39 is 18.3 Å². The molecule has 0 unspecified atom stereocenters. The predicted octanol–water partition coefficient (Wildman–Crippen LogP) is 3.85. The summed E-state index contributed by atoms with van der Waals surface area (Å²) in [7, 11) is 0. The molecule has 0 radical (unpaired) electrons. The molecule has 0 spiro atoms. The highest BCUT2D eigenvalue weighted by Crippen LogP contribution is 2.22. The number of benzene rings is 1. The maximum absolute atomic E-state index is 12.4. The number of hydrogen-bond acceptors (Lipinski definition) is 4. The molecule has 0 aliphatic heterocycles. The standard InChI is InChI=1S/C15H20F2N2O3/c1-9-6-7-12(21-13(16)17)11(8-9)10(2)18-19-14(20)22-15(3,4)5/h6-8,13H,1-5H3,(H,19,20)/b18-10-. The van der Waals surface area contributed by atoms with Crippen molar-refractivity contribution >= 4 is 11.8 Å². The fraction of sp³-hybridized carbons (Fsp3) is 0.467. The van der Waals surface area contributed by atoms with E-state index in [4.69, 9.17) is 4.74 Å². The molecule has 0 saturated heterocycles. The fourth-order valence-electron chi connectivity index (χ4n) is 1.62. The molecule has 1 amide bonds. The van der Waals surface area contributed by atoms with Gasteiger partial charge in [0, 0.05) is 5.56 Å². The van der Waals surface area contributed by atoms with Gasteiger partial charge in [-0.25, -0.2) is 10.2 Å². The molecule has 0 heterocycles. The van der Waals surface area contributed by atoms with Crippen LogP contribution >= 0.6 is 0 Å². The molecule has 1 aromatic rings. The first-order valence-electron chi connectivity index (χ1n) is 6.67. The molecule has 1 aromatic carbocycles. The monoisotopic (exact) mass is 314 g/mol. The van der Waals surface area contributed by atoms with Gasteiger partial charge in [-0.15, -0.1) is 0 Å². The first-order chi connectivity index (χ1) is 10.1. The van der Waals surface area contributed by atoms with E-state index in [1.165, 1.54) is 6.07 Å². The van der Waals surface area contributed by atoms with Crippen LogP contribution in [0.4, 0.5) is 13.6 Å². The van der Waals surface area contributed by atoms with Gasteiger partial charge in [-0.2, -0.15) is 13.9 Å². The van der Waals surface area contributed by atoms with Crippen LogP contribution in [-0.4, -0.2) is 24.0 Å². The van der Waals surface area contributed by atoms with Crippen molar-refractivity contribution in [3.05, 3.63) is 29.3 Å². The summed E-state index contributed by atoms with van der Waals surface area (Å²) in [6.45, 7) is 5.61. The van der Waals surface area contributed by atoms with Gasteiger partial charge in [-0.05, 0) is 46.8 Å². The van der Waals surface area contributed by atoms with E-state index in [0.717, 1.165) is 5.56 Å². The predicted molar refractivity (Wildman–Crippen MR) is 79.4 cm³/mol. The van der Waals surface area contributed by atoms with Gasteiger partial charge in [0.05, 0.1) is 5.71 Å². The number of rotatable bonds is 4. The molecule has 5 nitrogen and oxygen atoms in total. The number of halogens is 2. The lowest BCUT2D eigenvalue weighted by atomic mass is 10.1. The molecule has 0 atom stereocenters. The van der Waals surface area contributed by atoms with Crippen molar-refractivity contribution in [3.63, 3.8) is 0 Å². The summed E-state index contributed by atoms with van der Waals surface area (Å²) < 4.78 is 34.3. The summed E-state index contributed by atoms with van der Waals surface area (Å²) in [6, 6.07) is 4.73. The smallest absolute Gasteiger partial charge is 0.428 e. The third kappa shape index (κ3) is 6.07. The third-order valence-corrected chi connectivity index (χ3v) is 2.45. The fourth-order valence-corrected chi connectivity index (χ4v) is 1.62. The van der Waals surface area contributed by atoms with Crippen molar-refractivity contribution in [3.8, 4) is 5.75 Å². The van der Waals surface area contributed by atoms with Crippen molar-refractivity contribution in [2.75, 3.05) is 0 Å². The number of hydrogen-bond donors (Lipinski definition) is 1. The van der Waals surface area contributed by atoms with E-state index in [1.807, 2.05) is 6.92 Å². The molecular weight excluding hydrogens is 294 g/mol. The Kier molecular flexibility index (Phi) is 5.84. The minimum Gasteiger partial charge on any atom is -0.443 e. The van der Waals surface area contributed by atoms with Crippen LogP contribution < -0.4 is 10.2 Å². The van der Waals surface area contributed by atoms with E-state index in [9.17, 15) is 13.6 Å². The molecule has 1 N–H and O–H groups in total. The molecule has 0 fully saturated rings. The van der Waals surface area contributed by atoms with Crippen molar-refractivity contribution in [1.82, 2.24) is 5.43 Å². The number of alkyl halides is 2. The van der Waals surface area contributed by atoms with Gasteiger partial charge >= 0.3 is 12.7 Å². The number of amides is 1. The van der Waals surface area contributed by atoms with E-state index >= 15 is 0 Å². The van der Waals surface area contributed by atoms with Crippen LogP contribution in [0.5, 0.6) is 5.75 Å². The quantitative estimate of drug-likeness (QED) is 0.678. The lowest BCUT2D eigenvalue weighted by Crippen LogP contribution is -2.30. The number of aryl methyl sites for hydroxylation is 1. The molecule has 122 valence electrons. The van der Waals surface area contributed by atoms with Crippen LogP contribution in [0, 0.1) is 6.92 Å². The Bertz CT molecular complexity index is 566. The zero-order valence-corrected chi connectivity index (χ0v) is 13.2. The SMILES string of the molecule is C/C(=N/NC(=O)OC(C)(C)C)c1cc(C)ccc1OC(F)F. The topological polar surface area (TPSA) is 59.9 Å². The maximum Gasteiger partial charge on any atom is 0.428 e. The summed E-state index contributed by atoms with van der Waals surface area (Å²) in [4.78, 5) is 11.5. The minimum absolute atomic E-state index is 0.00663. The van der Waals surface area contributed by atoms with E-state index in [0.29, 0.717) is 11.3 Å². The second-order valence-corrected chi connectivity index (χ2v) is 5.69. The Morgan fingerprint density at radius 3 is 2.50 bits per heavy atom. The van der Waals surface area contributed by atoms with Gasteiger partial charge in [0.1, 0.15) is 11.4 Å². The van der Waals surface area contributed by atoms with Crippen molar-refractivity contribution in [2.45, 2.75) is 46.8 Å². The lowest BCUT2D eigenvalue weighted by Gasteiger charge is -2.18. The average molecular weight is 314 g/mol. The van der Waals surface area contributed by atoms with E-state index in [2.05, 4.69) is 15.3 Å². The largest absolute Gasteiger partial charge is 0.443 e.